The first-order valence-electron chi connectivity index (χ1n) is 4.12. The first kappa shape index (κ1) is 13.7. The minimum absolute atomic E-state index is 0.0843. The lowest BCUT2D eigenvalue weighted by Gasteiger charge is -2.03. The first-order chi connectivity index (χ1) is 6.52. The van der Waals surface area contributed by atoms with Crippen LogP contribution in [0.4, 0.5) is 0 Å². The van der Waals surface area contributed by atoms with Gasteiger partial charge in [-0.1, -0.05) is 0 Å². The van der Waals surface area contributed by atoms with Gasteiger partial charge in [0.1, 0.15) is 0 Å². The molecule has 0 bridgehead atoms. The number of carbonyl (C=O) groups is 1. The Balaban J connectivity index is 3.71. The number of halogens is 1. The van der Waals surface area contributed by atoms with E-state index in [-0.39, 0.29) is 31.0 Å². The summed E-state index contributed by atoms with van der Waals surface area (Å²) < 4.78 is 28.9. The van der Waals surface area contributed by atoms with E-state index in [1.165, 1.54) is 7.11 Å². The van der Waals surface area contributed by atoms with Crippen molar-refractivity contribution in [2.45, 2.75) is 12.8 Å². The predicted octanol–water partition coefficient (Wildman–Crippen LogP) is 0.0978. The molecule has 0 rings (SSSR count). The van der Waals surface area contributed by atoms with Crippen molar-refractivity contribution in [2.75, 3.05) is 25.3 Å². The molecule has 7 heteroatoms. The third-order valence-corrected chi connectivity index (χ3v) is 3.10. The monoisotopic (exact) mass is 243 g/mol. The van der Waals surface area contributed by atoms with Crippen molar-refractivity contribution in [1.82, 2.24) is 4.72 Å². The standard InChI is InChI=1S/C7H14ClNO4S/c1-13-7(10)3-2-6-14(11,12)9-5-4-8/h9H,2-6H2,1H3. The molecular weight excluding hydrogens is 230 g/mol. The van der Waals surface area contributed by atoms with Crippen molar-refractivity contribution < 1.29 is 17.9 Å². The van der Waals surface area contributed by atoms with Crippen LogP contribution in [0.25, 0.3) is 0 Å². The zero-order valence-electron chi connectivity index (χ0n) is 7.95. The van der Waals surface area contributed by atoms with E-state index < -0.39 is 16.0 Å². The van der Waals surface area contributed by atoms with E-state index in [0.29, 0.717) is 0 Å². The van der Waals surface area contributed by atoms with Crippen LogP contribution in [0.15, 0.2) is 0 Å². The number of rotatable bonds is 7. The number of hydrogen-bond donors (Lipinski definition) is 1. The molecule has 1 N–H and O–H groups in total. The van der Waals surface area contributed by atoms with Crippen molar-refractivity contribution in [3.63, 3.8) is 0 Å². The maximum atomic E-state index is 11.1. The van der Waals surface area contributed by atoms with E-state index >= 15 is 0 Å². The zero-order chi connectivity index (χ0) is 11.0. The van der Waals surface area contributed by atoms with Gasteiger partial charge in [0.05, 0.1) is 12.9 Å². The number of sulfonamides is 1. The van der Waals surface area contributed by atoms with Gasteiger partial charge < -0.3 is 4.74 Å². The van der Waals surface area contributed by atoms with Crippen LogP contribution in [0, 0.1) is 0 Å². The Morgan fingerprint density at radius 3 is 2.64 bits per heavy atom. The van der Waals surface area contributed by atoms with Crippen molar-refractivity contribution in [3.8, 4) is 0 Å². The maximum absolute atomic E-state index is 11.1. The molecule has 0 aromatic heterocycles. The van der Waals surface area contributed by atoms with Crippen LogP contribution in [0.1, 0.15) is 12.8 Å². The summed E-state index contributed by atoms with van der Waals surface area (Å²) in [5.41, 5.74) is 0. The topological polar surface area (TPSA) is 72.5 Å². The molecule has 0 saturated heterocycles. The van der Waals surface area contributed by atoms with Crippen LogP contribution in [0.2, 0.25) is 0 Å². The molecule has 0 aromatic rings. The molecule has 0 aliphatic carbocycles. The average molecular weight is 244 g/mol. The van der Waals surface area contributed by atoms with E-state index in [1.807, 2.05) is 0 Å². The van der Waals surface area contributed by atoms with E-state index in [1.54, 1.807) is 0 Å². The molecule has 0 saturated carbocycles. The number of esters is 1. The predicted molar refractivity (Wildman–Crippen MR) is 53.8 cm³/mol. The fraction of sp³-hybridized carbons (Fsp3) is 0.857. The van der Waals surface area contributed by atoms with E-state index in [4.69, 9.17) is 11.6 Å². The molecule has 0 aliphatic rings. The van der Waals surface area contributed by atoms with Gasteiger partial charge in [0.25, 0.3) is 0 Å². The Kier molecular flexibility index (Phi) is 6.86. The molecule has 84 valence electrons. The van der Waals surface area contributed by atoms with Gasteiger partial charge in [-0.2, -0.15) is 0 Å². The van der Waals surface area contributed by atoms with Crippen molar-refractivity contribution >= 4 is 27.6 Å². The van der Waals surface area contributed by atoms with Crippen LogP contribution in [-0.2, 0) is 19.6 Å². The van der Waals surface area contributed by atoms with Crippen molar-refractivity contribution in [3.05, 3.63) is 0 Å². The van der Waals surface area contributed by atoms with Gasteiger partial charge >= 0.3 is 5.97 Å². The molecule has 14 heavy (non-hydrogen) atoms. The summed E-state index contributed by atoms with van der Waals surface area (Å²) in [5.74, 6) is -0.257. The molecule has 0 unspecified atom stereocenters. The number of nitrogens with one attached hydrogen (secondary N) is 1. The Morgan fingerprint density at radius 2 is 2.14 bits per heavy atom. The number of methoxy groups -OCH3 is 1. The molecule has 0 amide bonds. The van der Waals surface area contributed by atoms with Crippen molar-refractivity contribution in [2.24, 2.45) is 0 Å². The minimum Gasteiger partial charge on any atom is -0.469 e. The molecule has 0 spiro atoms. The summed E-state index contributed by atoms with van der Waals surface area (Å²) in [5, 5.41) is 0. The summed E-state index contributed by atoms with van der Waals surface area (Å²) in [6.45, 7) is 0.210. The maximum Gasteiger partial charge on any atom is 0.305 e. The van der Waals surface area contributed by atoms with Crippen LogP contribution in [0.3, 0.4) is 0 Å². The first-order valence-corrected chi connectivity index (χ1v) is 6.30. The average Bonchev–Trinajstić information content (AvgIpc) is 2.14. The molecule has 0 aromatic carbocycles. The van der Waals surface area contributed by atoms with E-state index in [2.05, 4.69) is 9.46 Å². The lowest BCUT2D eigenvalue weighted by Crippen LogP contribution is -2.28. The second-order valence-corrected chi connectivity index (χ2v) is 4.89. The van der Waals surface area contributed by atoms with Crippen LogP contribution < -0.4 is 4.72 Å². The number of hydrogen-bond acceptors (Lipinski definition) is 4. The largest absolute Gasteiger partial charge is 0.469 e. The number of carbonyl (C=O) groups excluding carboxylic acids is 1. The Bertz CT molecular complexity index is 265. The van der Waals surface area contributed by atoms with E-state index in [9.17, 15) is 13.2 Å². The van der Waals surface area contributed by atoms with Gasteiger partial charge in [-0.15, -0.1) is 11.6 Å². The fourth-order valence-corrected chi connectivity index (χ4v) is 2.06. The van der Waals surface area contributed by atoms with Gasteiger partial charge in [0.2, 0.25) is 10.0 Å². The highest BCUT2D eigenvalue weighted by molar-refractivity contribution is 7.89. The second kappa shape index (κ2) is 7.03. The zero-order valence-corrected chi connectivity index (χ0v) is 9.53. The van der Waals surface area contributed by atoms with Crippen LogP contribution >= 0.6 is 11.6 Å². The van der Waals surface area contributed by atoms with Gasteiger partial charge in [-0.05, 0) is 6.42 Å². The minimum atomic E-state index is -3.29. The summed E-state index contributed by atoms with van der Waals surface area (Å²) in [6, 6.07) is 0. The molecule has 0 fully saturated rings. The quantitative estimate of drug-likeness (QED) is 0.508. The lowest BCUT2D eigenvalue weighted by molar-refractivity contribution is -0.140. The summed E-state index contributed by atoms with van der Waals surface area (Å²) >= 11 is 5.31. The van der Waals surface area contributed by atoms with Crippen LogP contribution in [-0.4, -0.2) is 39.7 Å². The Hall–Kier alpha value is -0.330. The van der Waals surface area contributed by atoms with Gasteiger partial charge in [-0.3, -0.25) is 4.79 Å². The van der Waals surface area contributed by atoms with Crippen LogP contribution in [0.5, 0.6) is 0 Å². The van der Waals surface area contributed by atoms with Gasteiger partial charge in [0.15, 0.2) is 0 Å². The normalized spacial score (nSPS) is 11.3. The van der Waals surface area contributed by atoms with Crippen molar-refractivity contribution in [1.29, 1.82) is 0 Å². The fourth-order valence-electron chi connectivity index (χ4n) is 0.775. The third-order valence-electron chi connectivity index (χ3n) is 1.44. The highest BCUT2D eigenvalue weighted by Crippen LogP contribution is 1.96. The molecule has 5 nitrogen and oxygen atoms in total. The summed E-state index contributed by atoms with van der Waals surface area (Å²) in [4.78, 5) is 10.7. The SMILES string of the molecule is COC(=O)CCCS(=O)(=O)NCCCl. The Morgan fingerprint density at radius 1 is 1.50 bits per heavy atom. The van der Waals surface area contributed by atoms with E-state index in [0.717, 1.165) is 0 Å². The molecule has 0 atom stereocenters. The Labute approximate surface area is 88.8 Å². The number of ether oxygens (including phenoxy) is 1. The second-order valence-electron chi connectivity index (χ2n) is 2.58. The summed E-state index contributed by atoms with van der Waals surface area (Å²) in [7, 11) is -2.02. The summed E-state index contributed by atoms with van der Waals surface area (Å²) in [6.07, 6.45) is 0.364. The molecule has 0 aliphatic heterocycles. The number of alkyl halides is 1. The third kappa shape index (κ3) is 7.11. The molecular formula is C7H14ClNO4S. The highest BCUT2D eigenvalue weighted by atomic mass is 35.5. The lowest BCUT2D eigenvalue weighted by atomic mass is 10.3. The highest BCUT2D eigenvalue weighted by Gasteiger charge is 2.10. The molecule has 0 heterocycles. The van der Waals surface area contributed by atoms with Gasteiger partial charge in [0, 0.05) is 18.8 Å². The smallest absolute Gasteiger partial charge is 0.305 e. The van der Waals surface area contributed by atoms with Gasteiger partial charge in [-0.25, -0.2) is 13.1 Å². The molecule has 0 radical (unpaired) electrons.